The van der Waals surface area contributed by atoms with Crippen LogP contribution in [0.1, 0.15) is 10.5 Å². The molecule has 0 spiro atoms. The summed E-state index contributed by atoms with van der Waals surface area (Å²) in [5, 5.41) is 14.3. The van der Waals surface area contributed by atoms with Crippen molar-refractivity contribution < 1.29 is 9.18 Å². The molecule has 2 N–H and O–H groups in total. The molecule has 1 amide bonds. The van der Waals surface area contributed by atoms with Crippen molar-refractivity contribution in [1.82, 2.24) is 30.5 Å². The zero-order chi connectivity index (χ0) is 16.1. The van der Waals surface area contributed by atoms with Crippen LogP contribution in [-0.2, 0) is 0 Å². The molecule has 2 aromatic rings. The molecule has 9 heteroatoms. The minimum atomic E-state index is -0.327. The number of carbonyl (C=O) groups excluding carboxylic acids is 1. The lowest BCUT2D eigenvalue weighted by Gasteiger charge is -2.26. The minimum Gasteiger partial charge on any atom is -0.349 e. The van der Waals surface area contributed by atoms with Gasteiger partial charge >= 0.3 is 0 Å². The van der Waals surface area contributed by atoms with Gasteiger partial charge in [-0.15, -0.1) is 17.5 Å². The summed E-state index contributed by atoms with van der Waals surface area (Å²) in [6.07, 6.45) is 1.41. The van der Waals surface area contributed by atoms with Gasteiger partial charge in [-0.3, -0.25) is 9.69 Å². The fourth-order valence-electron chi connectivity index (χ4n) is 2.42. The van der Waals surface area contributed by atoms with E-state index in [1.54, 1.807) is 12.1 Å². The highest BCUT2D eigenvalue weighted by molar-refractivity contribution is 5.91. The van der Waals surface area contributed by atoms with E-state index in [1.807, 2.05) is 0 Å². The summed E-state index contributed by atoms with van der Waals surface area (Å²) in [5.41, 5.74) is 0.848. The van der Waals surface area contributed by atoms with Crippen molar-refractivity contribution in [3.05, 3.63) is 42.0 Å². The van der Waals surface area contributed by atoms with Crippen LogP contribution in [0.15, 0.2) is 30.5 Å². The summed E-state index contributed by atoms with van der Waals surface area (Å²) < 4.78 is 12.9. The van der Waals surface area contributed by atoms with E-state index in [0.717, 1.165) is 32.7 Å². The first-order chi connectivity index (χ1) is 11.2. The zero-order valence-electron chi connectivity index (χ0n) is 13.1. The Morgan fingerprint density at radius 1 is 1.25 bits per heavy atom. The van der Waals surface area contributed by atoms with Gasteiger partial charge in [-0.1, -0.05) is 0 Å². The van der Waals surface area contributed by atoms with Crippen molar-refractivity contribution in [2.45, 2.75) is 0 Å². The molecule has 0 bridgehead atoms. The molecule has 1 aliphatic heterocycles. The molecule has 0 radical (unpaired) electrons. The van der Waals surface area contributed by atoms with E-state index in [4.69, 9.17) is 0 Å². The van der Waals surface area contributed by atoms with E-state index in [0.29, 0.717) is 12.2 Å². The predicted molar refractivity (Wildman–Crippen MR) is 90.2 cm³/mol. The molecular weight excluding hydrogens is 335 g/mol. The van der Waals surface area contributed by atoms with Gasteiger partial charge in [0.1, 0.15) is 5.82 Å². The average molecular weight is 355 g/mol. The zero-order valence-corrected chi connectivity index (χ0v) is 13.9. The monoisotopic (exact) mass is 354 g/mol. The van der Waals surface area contributed by atoms with Crippen LogP contribution in [0.2, 0.25) is 0 Å². The third-order valence-electron chi connectivity index (χ3n) is 3.71. The lowest BCUT2D eigenvalue weighted by molar-refractivity contribution is 0.0942. The van der Waals surface area contributed by atoms with Gasteiger partial charge in [-0.05, 0) is 24.3 Å². The number of nitrogens with zero attached hydrogens (tertiary/aromatic N) is 4. The van der Waals surface area contributed by atoms with Crippen molar-refractivity contribution in [2.75, 3.05) is 39.3 Å². The highest BCUT2D eigenvalue weighted by Crippen LogP contribution is 2.06. The number of hydrogen-bond donors (Lipinski definition) is 2. The van der Waals surface area contributed by atoms with Gasteiger partial charge in [0.15, 0.2) is 5.69 Å². The van der Waals surface area contributed by atoms with Gasteiger partial charge in [0.05, 0.1) is 11.9 Å². The number of hydrogen-bond acceptors (Lipinski definition) is 5. The second kappa shape index (κ2) is 8.72. The molecule has 0 atom stereocenters. The maximum Gasteiger partial charge on any atom is 0.273 e. The third-order valence-corrected chi connectivity index (χ3v) is 3.71. The predicted octanol–water partition coefficient (Wildman–Crippen LogP) is 0.463. The van der Waals surface area contributed by atoms with Gasteiger partial charge in [0.2, 0.25) is 0 Å². The number of benzene rings is 1. The quantitative estimate of drug-likeness (QED) is 0.816. The molecule has 130 valence electrons. The first-order valence-corrected chi connectivity index (χ1v) is 7.62. The van der Waals surface area contributed by atoms with Crippen molar-refractivity contribution >= 4 is 18.3 Å². The maximum absolute atomic E-state index is 12.9. The number of carbonyl (C=O) groups is 1. The summed E-state index contributed by atoms with van der Waals surface area (Å²) in [6, 6.07) is 5.76. The van der Waals surface area contributed by atoms with Gasteiger partial charge in [-0.25, -0.2) is 4.39 Å². The summed E-state index contributed by atoms with van der Waals surface area (Å²) in [5.74, 6) is -0.583. The second-order valence-corrected chi connectivity index (χ2v) is 5.34. The second-order valence-electron chi connectivity index (χ2n) is 5.34. The number of halogens is 2. The molecule has 1 aromatic heterocycles. The number of nitrogens with one attached hydrogen (secondary N) is 2. The van der Waals surface area contributed by atoms with E-state index in [9.17, 15) is 9.18 Å². The molecule has 1 saturated heterocycles. The molecule has 7 nitrogen and oxygen atoms in total. The number of amides is 1. The molecule has 24 heavy (non-hydrogen) atoms. The summed E-state index contributed by atoms with van der Waals surface area (Å²) in [6.45, 7) is 5.36. The average Bonchev–Trinajstić information content (AvgIpc) is 3.06. The Morgan fingerprint density at radius 2 is 1.96 bits per heavy atom. The Hall–Kier alpha value is -2.03. The SMILES string of the molecule is Cl.O=C(NCCN1CCNCC1)c1cnn(-c2ccc(F)cc2)n1. The fraction of sp³-hybridized carbons (Fsp3) is 0.400. The Morgan fingerprint density at radius 3 is 2.67 bits per heavy atom. The molecule has 0 saturated carbocycles. The van der Waals surface area contributed by atoms with Crippen molar-refractivity contribution in [1.29, 1.82) is 0 Å². The van der Waals surface area contributed by atoms with Crippen LogP contribution in [0.4, 0.5) is 4.39 Å². The largest absolute Gasteiger partial charge is 0.349 e. The lowest BCUT2D eigenvalue weighted by Crippen LogP contribution is -2.46. The Balaban J connectivity index is 0.00000208. The number of aromatic nitrogens is 3. The number of piperazine rings is 1. The van der Waals surface area contributed by atoms with Gasteiger partial charge in [0, 0.05) is 39.3 Å². The van der Waals surface area contributed by atoms with Crippen LogP contribution in [0.25, 0.3) is 5.69 Å². The van der Waals surface area contributed by atoms with E-state index in [2.05, 4.69) is 25.7 Å². The molecule has 1 aliphatic rings. The summed E-state index contributed by atoms with van der Waals surface area (Å²) in [7, 11) is 0. The highest BCUT2D eigenvalue weighted by Gasteiger charge is 2.13. The smallest absolute Gasteiger partial charge is 0.273 e. The maximum atomic E-state index is 12.9. The number of rotatable bonds is 5. The summed E-state index contributed by atoms with van der Waals surface area (Å²) >= 11 is 0. The highest BCUT2D eigenvalue weighted by atomic mass is 35.5. The van der Waals surface area contributed by atoms with Gasteiger partial charge in [-0.2, -0.15) is 9.90 Å². The van der Waals surface area contributed by atoms with E-state index >= 15 is 0 Å². The van der Waals surface area contributed by atoms with Crippen molar-refractivity contribution in [2.24, 2.45) is 0 Å². The van der Waals surface area contributed by atoms with E-state index in [1.165, 1.54) is 23.1 Å². The molecule has 2 heterocycles. The Labute approximate surface area is 145 Å². The van der Waals surface area contributed by atoms with Crippen LogP contribution in [-0.4, -0.2) is 65.1 Å². The third kappa shape index (κ3) is 4.73. The van der Waals surface area contributed by atoms with Gasteiger partial charge in [0.25, 0.3) is 5.91 Å². The fourth-order valence-corrected chi connectivity index (χ4v) is 2.42. The molecule has 1 fully saturated rings. The molecule has 0 unspecified atom stereocenters. The Kier molecular flexibility index (Phi) is 6.65. The normalized spacial score (nSPS) is 14.9. The van der Waals surface area contributed by atoms with Crippen LogP contribution >= 0.6 is 12.4 Å². The van der Waals surface area contributed by atoms with E-state index < -0.39 is 0 Å². The van der Waals surface area contributed by atoms with Crippen LogP contribution in [0, 0.1) is 5.82 Å². The Bertz CT molecular complexity index is 656. The topological polar surface area (TPSA) is 75.1 Å². The van der Waals surface area contributed by atoms with Crippen molar-refractivity contribution in [3.8, 4) is 5.69 Å². The molecule has 0 aliphatic carbocycles. The first-order valence-electron chi connectivity index (χ1n) is 7.62. The lowest BCUT2D eigenvalue weighted by atomic mass is 10.3. The molecule has 1 aromatic carbocycles. The minimum absolute atomic E-state index is 0. The van der Waals surface area contributed by atoms with Crippen molar-refractivity contribution in [3.63, 3.8) is 0 Å². The van der Waals surface area contributed by atoms with Crippen LogP contribution in [0.5, 0.6) is 0 Å². The molecule has 3 rings (SSSR count). The standard InChI is InChI=1S/C15H19FN6O.ClH/c16-12-1-3-13(4-2-12)22-19-11-14(20-22)15(23)18-7-10-21-8-5-17-6-9-21;/h1-4,11,17H,5-10H2,(H,18,23);1H. The molecular formula is C15H20ClFN6O. The van der Waals surface area contributed by atoms with Crippen LogP contribution in [0.3, 0.4) is 0 Å². The summed E-state index contributed by atoms with van der Waals surface area (Å²) in [4.78, 5) is 15.7. The first kappa shape index (κ1) is 18.3. The van der Waals surface area contributed by atoms with Crippen LogP contribution < -0.4 is 10.6 Å². The van der Waals surface area contributed by atoms with E-state index in [-0.39, 0.29) is 29.8 Å². The van der Waals surface area contributed by atoms with Gasteiger partial charge < -0.3 is 10.6 Å².